The van der Waals surface area contributed by atoms with Gasteiger partial charge in [0.2, 0.25) is 0 Å². The number of hydrogen-bond acceptors (Lipinski definition) is 6. The van der Waals surface area contributed by atoms with Crippen molar-refractivity contribution in [2.24, 2.45) is 28.3 Å². The molecular formula is C20H25NO4S. The van der Waals surface area contributed by atoms with E-state index in [9.17, 15) is 9.70 Å². The third kappa shape index (κ3) is 2.65. The van der Waals surface area contributed by atoms with Gasteiger partial charge in [-0.3, -0.25) is 0 Å². The second-order valence-corrected chi connectivity index (χ2v) is 8.90. The average Bonchev–Trinajstić information content (AvgIpc) is 2.64. The van der Waals surface area contributed by atoms with Crippen LogP contribution < -0.4 is 4.74 Å². The SMILES string of the molecule is CCOC(=O)c1ccc(OC)cc1C1(SN=O)C2CC3CC(C2)CC1C3. The lowest BCUT2D eigenvalue weighted by atomic mass is 9.50. The summed E-state index contributed by atoms with van der Waals surface area (Å²) in [6.07, 6.45) is 5.80. The zero-order valence-electron chi connectivity index (χ0n) is 15.3. The maximum atomic E-state index is 12.7. The van der Waals surface area contributed by atoms with Crippen LogP contribution in [-0.2, 0) is 9.48 Å². The van der Waals surface area contributed by atoms with Gasteiger partial charge in [-0.05, 0) is 86.5 Å². The molecule has 0 aliphatic heterocycles. The molecule has 0 saturated heterocycles. The first-order chi connectivity index (χ1) is 12.6. The second kappa shape index (κ2) is 6.87. The monoisotopic (exact) mass is 375 g/mol. The normalized spacial score (nSPS) is 34.5. The van der Waals surface area contributed by atoms with Crippen LogP contribution in [0.4, 0.5) is 0 Å². The number of esters is 1. The molecule has 0 unspecified atom stereocenters. The Morgan fingerprint density at radius 2 is 1.85 bits per heavy atom. The van der Waals surface area contributed by atoms with Crippen LogP contribution in [0.5, 0.6) is 5.75 Å². The van der Waals surface area contributed by atoms with Gasteiger partial charge in [-0.15, -0.1) is 4.91 Å². The highest BCUT2D eigenvalue weighted by Crippen LogP contribution is 2.67. The molecule has 1 aromatic carbocycles. The van der Waals surface area contributed by atoms with E-state index in [-0.39, 0.29) is 5.97 Å². The number of rotatable bonds is 6. The predicted molar refractivity (Wildman–Crippen MR) is 101 cm³/mol. The lowest BCUT2D eigenvalue weighted by molar-refractivity contribution is -0.0192. The van der Waals surface area contributed by atoms with Crippen molar-refractivity contribution in [2.75, 3.05) is 13.7 Å². The van der Waals surface area contributed by atoms with Gasteiger partial charge >= 0.3 is 5.97 Å². The van der Waals surface area contributed by atoms with Crippen LogP contribution in [0.3, 0.4) is 0 Å². The van der Waals surface area contributed by atoms with Gasteiger partial charge in [-0.25, -0.2) is 4.79 Å². The Balaban J connectivity index is 1.87. The Kier molecular flexibility index (Phi) is 4.71. The molecule has 4 saturated carbocycles. The second-order valence-electron chi connectivity index (χ2n) is 7.90. The molecule has 0 radical (unpaired) electrons. The predicted octanol–water partition coefficient (Wildman–Crippen LogP) is 4.94. The van der Waals surface area contributed by atoms with E-state index in [1.807, 2.05) is 13.0 Å². The molecule has 4 fully saturated rings. The zero-order valence-corrected chi connectivity index (χ0v) is 16.1. The minimum atomic E-state index is -0.439. The van der Waals surface area contributed by atoms with E-state index >= 15 is 0 Å². The number of hydrogen-bond donors (Lipinski definition) is 0. The number of carbonyl (C=O) groups excluding carboxylic acids is 1. The Hall–Kier alpha value is -1.56. The Bertz CT molecular complexity index is 692. The van der Waals surface area contributed by atoms with Crippen molar-refractivity contribution in [3.05, 3.63) is 34.2 Å². The van der Waals surface area contributed by atoms with Gasteiger partial charge in [-0.1, -0.05) is 0 Å². The fourth-order valence-electron chi connectivity index (χ4n) is 5.94. The standard InChI is InChI=1S/C20H25NO4S/c1-3-25-19(22)17-5-4-16(24-2)11-18(17)20(26-21-23)14-7-12-6-13(9-14)10-15(20)8-12/h4-5,11-15H,3,6-10H2,1-2H3. The van der Waals surface area contributed by atoms with E-state index in [1.54, 1.807) is 19.2 Å². The fraction of sp³-hybridized carbons (Fsp3) is 0.650. The van der Waals surface area contributed by atoms with Gasteiger partial charge in [0.1, 0.15) is 5.75 Å². The van der Waals surface area contributed by atoms with Crippen molar-refractivity contribution in [1.82, 2.24) is 0 Å². The molecule has 0 amide bonds. The van der Waals surface area contributed by atoms with Crippen LogP contribution in [0.2, 0.25) is 0 Å². The van der Waals surface area contributed by atoms with E-state index in [1.165, 1.54) is 6.42 Å². The summed E-state index contributed by atoms with van der Waals surface area (Å²) in [6, 6.07) is 5.51. The molecule has 0 N–H and O–H groups in total. The average molecular weight is 375 g/mol. The Morgan fingerprint density at radius 3 is 2.38 bits per heavy atom. The van der Waals surface area contributed by atoms with E-state index in [2.05, 4.69) is 4.58 Å². The summed E-state index contributed by atoms with van der Waals surface area (Å²) in [5, 5.41) is 0. The molecule has 4 aliphatic carbocycles. The summed E-state index contributed by atoms with van der Waals surface area (Å²) in [5.41, 5.74) is 1.44. The minimum Gasteiger partial charge on any atom is -0.497 e. The molecule has 26 heavy (non-hydrogen) atoms. The molecular weight excluding hydrogens is 350 g/mol. The van der Waals surface area contributed by atoms with Gasteiger partial charge < -0.3 is 9.47 Å². The molecule has 4 bridgehead atoms. The molecule has 0 spiro atoms. The van der Waals surface area contributed by atoms with Crippen LogP contribution in [0.1, 0.15) is 54.9 Å². The van der Waals surface area contributed by atoms with Crippen molar-refractivity contribution >= 4 is 17.9 Å². The molecule has 140 valence electrons. The summed E-state index contributed by atoms with van der Waals surface area (Å²) in [6.45, 7) is 2.13. The van der Waals surface area contributed by atoms with Crippen molar-refractivity contribution < 1.29 is 14.3 Å². The van der Waals surface area contributed by atoms with Gasteiger partial charge in [0.05, 0.1) is 24.0 Å². The summed E-state index contributed by atoms with van der Waals surface area (Å²) in [7, 11) is 1.62. The number of nitrogens with zero attached hydrogens (tertiary/aromatic N) is 1. The van der Waals surface area contributed by atoms with E-state index in [4.69, 9.17) is 9.47 Å². The molecule has 4 aliphatic rings. The van der Waals surface area contributed by atoms with Gasteiger partial charge in [0, 0.05) is 16.5 Å². The maximum absolute atomic E-state index is 12.7. The highest BCUT2D eigenvalue weighted by Gasteiger charge is 2.60. The van der Waals surface area contributed by atoms with Crippen LogP contribution in [-0.4, -0.2) is 19.7 Å². The maximum Gasteiger partial charge on any atom is 0.338 e. The fourth-order valence-corrected chi connectivity index (χ4v) is 7.02. The molecule has 0 aromatic heterocycles. The summed E-state index contributed by atoms with van der Waals surface area (Å²) in [5.74, 6) is 2.64. The number of carbonyl (C=O) groups is 1. The molecule has 0 atom stereocenters. The van der Waals surface area contributed by atoms with Crippen LogP contribution in [0, 0.1) is 28.6 Å². The summed E-state index contributed by atoms with van der Waals surface area (Å²) < 4.78 is 13.6. The molecule has 1 aromatic rings. The first-order valence-electron chi connectivity index (χ1n) is 9.48. The topological polar surface area (TPSA) is 65.0 Å². The van der Waals surface area contributed by atoms with Gasteiger partial charge in [0.25, 0.3) is 0 Å². The lowest BCUT2D eigenvalue weighted by Crippen LogP contribution is -2.54. The van der Waals surface area contributed by atoms with Crippen molar-refractivity contribution in [2.45, 2.75) is 43.8 Å². The largest absolute Gasteiger partial charge is 0.497 e. The van der Waals surface area contributed by atoms with Crippen LogP contribution in [0.15, 0.2) is 22.8 Å². The third-order valence-electron chi connectivity index (χ3n) is 6.68. The molecule has 0 heterocycles. The Labute approximate surface area is 158 Å². The zero-order chi connectivity index (χ0) is 18.3. The minimum absolute atomic E-state index is 0.327. The van der Waals surface area contributed by atoms with Crippen molar-refractivity contribution in [3.63, 3.8) is 0 Å². The van der Waals surface area contributed by atoms with E-state index < -0.39 is 4.75 Å². The third-order valence-corrected chi connectivity index (χ3v) is 7.95. The molecule has 5 nitrogen and oxygen atoms in total. The van der Waals surface area contributed by atoms with Gasteiger partial charge in [-0.2, -0.15) is 0 Å². The first kappa shape index (κ1) is 17.8. The highest BCUT2D eigenvalue weighted by atomic mass is 32.2. The summed E-state index contributed by atoms with van der Waals surface area (Å²) >= 11 is 1.14. The molecule has 6 heteroatoms. The van der Waals surface area contributed by atoms with Gasteiger partial charge in [0.15, 0.2) is 0 Å². The van der Waals surface area contributed by atoms with Crippen molar-refractivity contribution in [1.29, 1.82) is 0 Å². The van der Waals surface area contributed by atoms with E-state index in [0.717, 1.165) is 55.0 Å². The lowest BCUT2D eigenvalue weighted by Gasteiger charge is -2.60. The number of methoxy groups -OCH3 is 1. The highest BCUT2D eigenvalue weighted by molar-refractivity contribution is 7.98. The molecule has 5 rings (SSSR count). The first-order valence-corrected chi connectivity index (χ1v) is 10.3. The number of ether oxygens (including phenoxy) is 2. The quantitative estimate of drug-likeness (QED) is 0.400. The van der Waals surface area contributed by atoms with Crippen LogP contribution in [0.25, 0.3) is 0 Å². The van der Waals surface area contributed by atoms with E-state index in [0.29, 0.717) is 29.8 Å². The number of benzene rings is 1. The summed E-state index contributed by atoms with van der Waals surface area (Å²) in [4.78, 5) is 24.2. The number of nitroso groups, excluding NO2 is 1. The van der Waals surface area contributed by atoms with Crippen molar-refractivity contribution in [3.8, 4) is 5.75 Å². The van der Waals surface area contributed by atoms with Crippen LogP contribution >= 0.6 is 11.9 Å². The smallest absolute Gasteiger partial charge is 0.338 e. The Morgan fingerprint density at radius 1 is 1.19 bits per heavy atom.